The number of methoxy groups -OCH3 is 1. The van der Waals surface area contributed by atoms with Gasteiger partial charge in [-0.3, -0.25) is 9.59 Å². The van der Waals surface area contributed by atoms with Crippen LogP contribution in [0.2, 0.25) is 0 Å². The monoisotopic (exact) mass is 223 g/mol. The van der Waals surface area contributed by atoms with Gasteiger partial charge in [-0.1, -0.05) is 0 Å². The number of nitrogens with zero attached hydrogens (tertiary/aromatic N) is 1. The Balaban J connectivity index is 2.76. The van der Waals surface area contributed by atoms with E-state index in [4.69, 9.17) is 4.74 Å². The third-order valence-electron chi connectivity index (χ3n) is 1.86. The van der Waals surface area contributed by atoms with Crippen molar-refractivity contribution in [3.8, 4) is 5.75 Å². The lowest BCUT2D eigenvalue weighted by molar-refractivity contribution is -0.141. The van der Waals surface area contributed by atoms with Gasteiger partial charge in [0.05, 0.1) is 13.7 Å². The van der Waals surface area contributed by atoms with Crippen molar-refractivity contribution in [2.75, 3.05) is 13.7 Å². The summed E-state index contributed by atoms with van der Waals surface area (Å²) in [5, 5.41) is 0. The number of aromatic nitrogens is 1. The average molecular weight is 223 g/mol. The zero-order chi connectivity index (χ0) is 12.0. The maximum atomic E-state index is 11.7. The summed E-state index contributed by atoms with van der Waals surface area (Å²) in [5.41, 5.74) is 0.151. The van der Waals surface area contributed by atoms with E-state index in [0.717, 1.165) is 0 Å². The number of carbonyl (C=O) groups is 2. The van der Waals surface area contributed by atoms with Gasteiger partial charge in [0.2, 0.25) is 0 Å². The number of ether oxygens (including phenoxy) is 2. The van der Waals surface area contributed by atoms with E-state index < -0.39 is 11.8 Å². The lowest BCUT2D eigenvalue weighted by atomic mass is 10.2. The van der Waals surface area contributed by atoms with Crippen molar-refractivity contribution in [2.45, 2.75) is 13.3 Å². The van der Waals surface area contributed by atoms with Crippen molar-refractivity contribution >= 4 is 11.8 Å². The molecule has 0 aliphatic carbocycles. The van der Waals surface area contributed by atoms with Gasteiger partial charge in [-0.15, -0.1) is 0 Å². The van der Waals surface area contributed by atoms with Crippen molar-refractivity contribution in [2.24, 2.45) is 0 Å². The summed E-state index contributed by atoms with van der Waals surface area (Å²) in [6, 6.07) is 3.27. The Morgan fingerprint density at radius 2 is 2.19 bits per heavy atom. The van der Waals surface area contributed by atoms with Crippen LogP contribution in [0, 0.1) is 0 Å². The normalized spacial score (nSPS) is 9.62. The second kappa shape index (κ2) is 5.85. The number of hydrogen-bond acceptors (Lipinski definition) is 5. The fourth-order valence-electron chi connectivity index (χ4n) is 1.19. The molecule has 0 saturated heterocycles. The maximum absolute atomic E-state index is 11.7. The number of ketones is 1. The summed E-state index contributed by atoms with van der Waals surface area (Å²) >= 11 is 0. The van der Waals surface area contributed by atoms with E-state index in [1.165, 1.54) is 13.3 Å². The number of hydrogen-bond donors (Lipinski definition) is 0. The molecule has 1 rings (SSSR count). The van der Waals surface area contributed by atoms with Gasteiger partial charge >= 0.3 is 5.97 Å². The van der Waals surface area contributed by atoms with Crippen molar-refractivity contribution in [3.63, 3.8) is 0 Å². The van der Waals surface area contributed by atoms with Gasteiger partial charge in [-0.2, -0.15) is 0 Å². The Morgan fingerprint density at radius 3 is 2.81 bits per heavy atom. The van der Waals surface area contributed by atoms with E-state index in [2.05, 4.69) is 9.72 Å². The van der Waals surface area contributed by atoms with Crippen molar-refractivity contribution < 1.29 is 19.1 Å². The molecule has 16 heavy (non-hydrogen) atoms. The number of rotatable bonds is 5. The molecule has 1 heterocycles. The third-order valence-corrected chi connectivity index (χ3v) is 1.86. The molecule has 0 fully saturated rings. The van der Waals surface area contributed by atoms with Crippen LogP contribution in [-0.2, 0) is 9.53 Å². The summed E-state index contributed by atoms with van der Waals surface area (Å²) in [6.45, 7) is 1.94. The van der Waals surface area contributed by atoms with Crippen molar-refractivity contribution in [1.82, 2.24) is 4.98 Å². The Hall–Kier alpha value is -1.91. The zero-order valence-corrected chi connectivity index (χ0v) is 9.23. The second-order valence-corrected chi connectivity index (χ2v) is 2.96. The molecule has 0 N–H and O–H groups in total. The van der Waals surface area contributed by atoms with Gasteiger partial charge in [-0.05, 0) is 19.1 Å². The molecule has 0 bridgehead atoms. The number of Topliss-reactive ketones (excluding diaryl/α,β-unsaturated/α-hetero) is 1. The van der Waals surface area contributed by atoms with E-state index in [9.17, 15) is 9.59 Å². The van der Waals surface area contributed by atoms with Gasteiger partial charge in [0, 0.05) is 6.20 Å². The number of esters is 1. The molecule has 0 amide bonds. The van der Waals surface area contributed by atoms with Gasteiger partial charge in [0.1, 0.15) is 17.9 Å². The van der Waals surface area contributed by atoms with E-state index in [-0.39, 0.29) is 18.7 Å². The lowest BCUT2D eigenvalue weighted by Gasteiger charge is -2.05. The molecule has 0 aromatic carbocycles. The molecule has 0 atom stereocenters. The van der Waals surface area contributed by atoms with Crippen molar-refractivity contribution in [3.05, 3.63) is 24.0 Å². The molecule has 1 aromatic heterocycles. The van der Waals surface area contributed by atoms with Crippen molar-refractivity contribution in [1.29, 1.82) is 0 Å². The predicted octanol–water partition coefficient (Wildman–Crippen LogP) is 1.23. The molecule has 86 valence electrons. The molecule has 1 aromatic rings. The smallest absolute Gasteiger partial charge is 0.313 e. The van der Waals surface area contributed by atoms with Crippen LogP contribution >= 0.6 is 0 Å². The van der Waals surface area contributed by atoms with Crippen LogP contribution in [0.4, 0.5) is 0 Å². The largest absolute Gasteiger partial charge is 0.494 e. The molecule has 0 aliphatic rings. The van der Waals surface area contributed by atoms with E-state index >= 15 is 0 Å². The quantitative estimate of drug-likeness (QED) is 0.426. The van der Waals surface area contributed by atoms with E-state index in [0.29, 0.717) is 5.75 Å². The Morgan fingerprint density at radius 1 is 1.44 bits per heavy atom. The summed E-state index contributed by atoms with van der Waals surface area (Å²) in [4.78, 5) is 26.7. The molecular weight excluding hydrogens is 210 g/mol. The molecule has 0 aliphatic heterocycles. The van der Waals surface area contributed by atoms with Crippen LogP contribution in [0.3, 0.4) is 0 Å². The Kier molecular flexibility index (Phi) is 4.44. The summed E-state index contributed by atoms with van der Waals surface area (Å²) in [6.07, 6.45) is 1.15. The molecular formula is C11H13NO4. The van der Waals surface area contributed by atoms with Crippen LogP contribution in [0.15, 0.2) is 18.3 Å². The maximum Gasteiger partial charge on any atom is 0.313 e. The SMILES string of the molecule is CCOC(=O)CC(=O)c1ncccc1OC. The van der Waals surface area contributed by atoms with Crippen LogP contribution in [0.25, 0.3) is 0 Å². The van der Waals surface area contributed by atoms with Gasteiger partial charge in [0.25, 0.3) is 0 Å². The third kappa shape index (κ3) is 3.05. The van der Waals surface area contributed by atoms with E-state index in [1.807, 2.05) is 0 Å². The summed E-state index contributed by atoms with van der Waals surface area (Å²) in [5.74, 6) is -0.604. The number of carbonyl (C=O) groups excluding carboxylic acids is 2. The molecule has 0 unspecified atom stereocenters. The minimum absolute atomic E-state index is 0.151. The first kappa shape index (κ1) is 12.2. The highest BCUT2D eigenvalue weighted by molar-refractivity contribution is 6.06. The first-order valence-electron chi connectivity index (χ1n) is 4.86. The molecule has 0 saturated carbocycles. The second-order valence-electron chi connectivity index (χ2n) is 2.96. The lowest BCUT2D eigenvalue weighted by Crippen LogP contribution is -2.13. The number of pyridine rings is 1. The summed E-state index contributed by atoms with van der Waals surface area (Å²) < 4.78 is 9.65. The van der Waals surface area contributed by atoms with Crippen LogP contribution < -0.4 is 4.74 Å². The van der Waals surface area contributed by atoms with Gasteiger partial charge in [-0.25, -0.2) is 4.98 Å². The van der Waals surface area contributed by atoms with Crippen LogP contribution in [0.5, 0.6) is 5.75 Å². The fourth-order valence-corrected chi connectivity index (χ4v) is 1.19. The fraction of sp³-hybridized carbons (Fsp3) is 0.364. The topological polar surface area (TPSA) is 65.5 Å². The first-order chi connectivity index (χ1) is 7.69. The zero-order valence-electron chi connectivity index (χ0n) is 9.23. The highest BCUT2D eigenvalue weighted by Crippen LogP contribution is 2.16. The average Bonchev–Trinajstić information content (AvgIpc) is 2.29. The summed E-state index contributed by atoms with van der Waals surface area (Å²) in [7, 11) is 1.44. The molecule has 0 radical (unpaired) electrons. The Labute approximate surface area is 93.4 Å². The van der Waals surface area contributed by atoms with Crippen LogP contribution in [0.1, 0.15) is 23.8 Å². The standard InChI is InChI=1S/C11H13NO4/c1-3-16-10(14)7-8(13)11-9(15-2)5-4-6-12-11/h4-6H,3,7H2,1-2H3. The predicted molar refractivity (Wildman–Crippen MR) is 56.4 cm³/mol. The highest BCUT2D eigenvalue weighted by atomic mass is 16.5. The molecule has 0 spiro atoms. The highest BCUT2D eigenvalue weighted by Gasteiger charge is 2.17. The van der Waals surface area contributed by atoms with Gasteiger partial charge < -0.3 is 9.47 Å². The Bertz CT molecular complexity index is 389. The molecule has 5 heteroatoms. The van der Waals surface area contributed by atoms with Gasteiger partial charge in [0.15, 0.2) is 5.78 Å². The first-order valence-corrected chi connectivity index (χ1v) is 4.86. The van der Waals surface area contributed by atoms with E-state index in [1.54, 1.807) is 19.1 Å². The minimum Gasteiger partial charge on any atom is -0.494 e. The minimum atomic E-state index is -0.555. The molecule has 5 nitrogen and oxygen atoms in total. The van der Waals surface area contributed by atoms with Crippen LogP contribution in [-0.4, -0.2) is 30.5 Å².